The minimum atomic E-state index is -0.500. The molecule has 0 saturated carbocycles. The quantitative estimate of drug-likeness (QED) is 0.362. The maximum Gasteiger partial charge on any atom is 0.351 e. The van der Waals surface area contributed by atoms with Crippen molar-refractivity contribution in [2.45, 2.75) is 6.92 Å². The molecule has 1 saturated heterocycles. The Bertz CT molecular complexity index is 1310. The number of para-hydroxylation sites is 1. The molecular weight excluding hydrogens is 418 g/mol. The predicted octanol–water partition coefficient (Wildman–Crippen LogP) is 3.11. The SMILES string of the molecule is Cc1cc(N2CCOCC2)ccc1Nc1nc(Nc2ccccc2C(N)=O)c2cc[nH]c2[nH+]1. The van der Waals surface area contributed by atoms with E-state index in [0.29, 0.717) is 23.0 Å². The minimum absolute atomic E-state index is 0.403. The van der Waals surface area contributed by atoms with E-state index in [-0.39, 0.29) is 0 Å². The van der Waals surface area contributed by atoms with Crippen LogP contribution in [0.5, 0.6) is 0 Å². The summed E-state index contributed by atoms with van der Waals surface area (Å²) in [5.74, 6) is 0.662. The topological polar surface area (TPSA) is 122 Å². The number of morpholine rings is 1. The summed E-state index contributed by atoms with van der Waals surface area (Å²) in [6.45, 7) is 5.37. The number of primary amides is 1. The first-order valence-corrected chi connectivity index (χ1v) is 10.8. The fraction of sp³-hybridized carbons (Fsp3) is 0.208. The number of hydrogen-bond acceptors (Lipinski definition) is 6. The van der Waals surface area contributed by atoms with E-state index in [4.69, 9.17) is 15.5 Å². The van der Waals surface area contributed by atoms with Gasteiger partial charge >= 0.3 is 5.95 Å². The van der Waals surface area contributed by atoms with Gasteiger partial charge in [0.15, 0.2) is 0 Å². The number of aromatic nitrogens is 3. The van der Waals surface area contributed by atoms with Crippen LogP contribution < -0.4 is 26.3 Å². The third-order valence-electron chi connectivity index (χ3n) is 5.75. The first-order chi connectivity index (χ1) is 16.1. The summed E-state index contributed by atoms with van der Waals surface area (Å²) in [5.41, 5.74) is 10.6. The van der Waals surface area contributed by atoms with Crippen LogP contribution in [0.1, 0.15) is 15.9 Å². The molecule has 9 nitrogen and oxygen atoms in total. The van der Waals surface area contributed by atoms with Gasteiger partial charge in [0.05, 0.1) is 35.5 Å². The van der Waals surface area contributed by atoms with Crippen LogP contribution in [0.4, 0.5) is 28.8 Å². The van der Waals surface area contributed by atoms with Crippen LogP contribution in [0.2, 0.25) is 0 Å². The monoisotopic (exact) mass is 444 g/mol. The van der Waals surface area contributed by atoms with Crippen LogP contribution in [0, 0.1) is 6.92 Å². The molecule has 3 heterocycles. The Balaban J connectivity index is 1.45. The van der Waals surface area contributed by atoms with E-state index in [9.17, 15) is 4.79 Å². The Morgan fingerprint density at radius 1 is 1.12 bits per heavy atom. The summed E-state index contributed by atoms with van der Waals surface area (Å²) in [6, 6.07) is 15.4. The van der Waals surface area contributed by atoms with Gasteiger partial charge in [-0.05, 0) is 48.9 Å². The molecule has 0 bridgehead atoms. The molecule has 1 fully saturated rings. The number of rotatable bonds is 6. The molecule has 0 radical (unpaired) electrons. The van der Waals surface area contributed by atoms with Crippen molar-refractivity contribution in [3.8, 4) is 0 Å². The highest BCUT2D eigenvalue weighted by molar-refractivity contribution is 6.00. The van der Waals surface area contributed by atoms with Gasteiger partial charge in [0.2, 0.25) is 11.5 Å². The van der Waals surface area contributed by atoms with E-state index in [1.165, 1.54) is 5.69 Å². The van der Waals surface area contributed by atoms with Gasteiger partial charge in [0.25, 0.3) is 5.91 Å². The summed E-state index contributed by atoms with van der Waals surface area (Å²) in [4.78, 5) is 25.4. The third kappa shape index (κ3) is 4.31. The molecule has 1 aliphatic heterocycles. The maximum absolute atomic E-state index is 11.8. The number of fused-ring (bicyclic) bond motifs is 1. The van der Waals surface area contributed by atoms with Gasteiger partial charge in [-0.1, -0.05) is 17.1 Å². The van der Waals surface area contributed by atoms with E-state index < -0.39 is 5.91 Å². The van der Waals surface area contributed by atoms with E-state index in [2.05, 4.69) is 50.6 Å². The number of nitrogens with one attached hydrogen (secondary N) is 4. The number of carbonyl (C=O) groups excluding carboxylic acids is 1. The Kier molecular flexibility index (Phi) is 5.54. The lowest BCUT2D eigenvalue weighted by atomic mass is 10.1. The molecule has 1 aliphatic rings. The number of anilines is 5. The number of nitrogens with two attached hydrogens (primary N) is 1. The van der Waals surface area contributed by atoms with Crippen molar-refractivity contribution in [2.75, 3.05) is 41.8 Å². The van der Waals surface area contributed by atoms with Crippen molar-refractivity contribution >= 4 is 45.8 Å². The second-order valence-electron chi connectivity index (χ2n) is 7.96. The van der Waals surface area contributed by atoms with Crippen molar-refractivity contribution in [1.82, 2.24) is 9.97 Å². The number of aromatic amines is 2. The largest absolute Gasteiger partial charge is 0.378 e. The third-order valence-corrected chi connectivity index (χ3v) is 5.75. The number of nitrogens with zero attached hydrogens (tertiary/aromatic N) is 2. The highest BCUT2D eigenvalue weighted by Crippen LogP contribution is 2.28. The molecule has 4 aromatic rings. The number of aryl methyl sites for hydroxylation is 1. The lowest BCUT2D eigenvalue weighted by Gasteiger charge is -2.29. The van der Waals surface area contributed by atoms with Gasteiger partial charge in [-0.3, -0.25) is 15.1 Å². The number of amides is 1. The van der Waals surface area contributed by atoms with Crippen molar-refractivity contribution in [2.24, 2.45) is 5.73 Å². The van der Waals surface area contributed by atoms with Crippen LogP contribution in [-0.4, -0.2) is 42.2 Å². The van der Waals surface area contributed by atoms with E-state index in [1.54, 1.807) is 18.2 Å². The molecule has 2 aromatic heterocycles. The first-order valence-electron chi connectivity index (χ1n) is 10.8. The molecule has 1 amide bonds. The van der Waals surface area contributed by atoms with Crippen molar-refractivity contribution in [3.05, 3.63) is 65.9 Å². The zero-order valence-electron chi connectivity index (χ0n) is 18.3. The van der Waals surface area contributed by atoms with Crippen LogP contribution in [0.15, 0.2) is 54.7 Å². The standard InChI is InChI=1S/C24H25N7O2/c1-15-14-16(31-10-12-33-13-11-31)6-7-19(15)28-24-29-22-18(8-9-26-22)23(30-24)27-20-5-3-2-4-17(20)21(25)32/h2-9,14H,10-13H2,1H3,(H2,25,32)(H3,26,27,28,29,30)/p+1. The maximum atomic E-state index is 11.8. The molecular formula is C24H26N7O2+. The lowest BCUT2D eigenvalue weighted by molar-refractivity contribution is -0.333. The Morgan fingerprint density at radius 3 is 2.73 bits per heavy atom. The minimum Gasteiger partial charge on any atom is -0.378 e. The number of hydrogen-bond donors (Lipinski definition) is 4. The Labute approximate surface area is 191 Å². The molecule has 0 spiro atoms. The van der Waals surface area contributed by atoms with E-state index in [1.807, 2.05) is 18.3 Å². The zero-order valence-corrected chi connectivity index (χ0v) is 18.3. The summed E-state index contributed by atoms with van der Waals surface area (Å²) < 4.78 is 5.46. The molecule has 2 aromatic carbocycles. The molecule has 0 atom stereocenters. The molecule has 6 N–H and O–H groups in total. The second-order valence-corrected chi connectivity index (χ2v) is 7.96. The Morgan fingerprint density at radius 2 is 1.94 bits per heavy atom. The number of H-pyrrole nitrogens is 2. The average molecular weight is 445 g/mol. The van der Waals surface area contributed by atoms with Crippen molar-refractivity contribution in [3.63, 3.8) is 0 Å². The predicted molar refractivity (Wildman–Crippen MR) is 128 cm³/mol. The molecule has 33 heavy (non-hydrogen) atoms. The number of ether oxygens (including phenoxy) is 1. The van der Waals surface area contributed by atoms with Gasteiger partial charge in [-0.25, -0.2) is 4.98 Å². The van der Waals surface area contributed by atoms with Crippen LogP contribution in [-0.2, 0) is 4.74 Å². The molecule has 0 aliphatic carbocycles. The average Bonchev–Trinajstić information content (AvgIpc) is 3.30. The van der Waals surface area contributed by atoms with Crippen molar-refractivity contribution in [1.29, 1.82) is 0 Å². The molecule has 168 valence electrons. The van der Waals surface area contributed by atoms with Gasteiger partial charge in [0, 0.05) is 25.0 Å². The fourth-order valence-corrected chi connectivity index (χ4v) is 4.01. The van der Waals surface area contributed by atoms with E-state index in [0.717, 1.165) is 48.6 Å². The van der Waals surface area contributed by atoms with Gasteiger partial charge in [-0.2, -0.15) is 0 Å². The van der Waals surface area contributed by atoms with Crippen LogP contribution >= 0.6 is 0 Å². The van der Waals surface area contributed by atoms with Crippen LogP contribution in [0.25, 0.3) is 11.0 Å². The zero-order chi connectivity index (χ0) is 22.8. The highest BCUT2D eigenvalue weighted by atomic mass is 16.5. The first kappa shape index (κ1) is 20.8. The second kappa shape index (κ2) is 8.79. The number of carbonyl (C=O) groups is 1. The van der Waals surface area contributed by atoms with Crippen molar-refractivity contribution < 1.29 is 14.5 Å². The number of benzene rings is 2. The molecule has 0 unspecified atom stereocenters. The van der Waals surface area contributed by atoms with E-state index >= 15 is 0 Å². The molecule has 9 heteroatoms. The highest BCUT2D eigenvalue weighted by Gasteiger charge is 2.18. The summed E-state index contributed by atoms with van der Waals surface area (Å²) in [7, 11) is 0. The van der Waals surface area contributed by atoms with Gasteiger partial charge < -0.3 is 20.7 Å². The Hall–Kier alpha value is -4.11. The summed E-state index contributed by atoms with van der Waals surface area (Å²) >= 11 is 0. The lowest BCUT2D eigenvalue weighted by Crippen LogP contribution is -2.36. The normalized spacial score (nSPS) is 13.8. The smallest absolute Gasteiger partial charge is 0.351 e. The molecule has 5 rings (SSSR count). The summed E-state index contributed by atoms with van der Waals surface area (Å²) in [5, 5.41) is 7.51. The fourth-order valence-electron chi connectivity index (χ4n) is 4.01. The van der Waals surface area contributed by atoms with Crippen LogP contribution in [0.3, 0.4) is 0 Å². The van der Waals surface area contributed by atoms with Gasteiger partial charge in [0.1, 0.15) is 0 Å². The summed E-state index contributed by atoms with van der Waals surface area (Å²) in [6.07, 6.45) is 1.83. The van der Waals surface area contributed by atoms with Gasteiger partial charge in [-0.15, -0.1) is 0 Å².